The molecule has 0 bridgehead atoms. The van der Waals surface area contributed by atoms with Gasteiger partial charge in [0.05, 0.1) is 5.41 Å². The van der Waals surface area contributed by atoms with Crippen LogP contribution in [0.3, 0.4) is 0 Å². The zero-order valence-corrected chi connectivity index (χ0v) is 12.7. The number of aromatic nitrogens is 2. The van der Waals surface area contributed by atoms with Gasteiger partial charge in [-0.3, -0.25) is 23.5 Å². The van der Waals surface area contributed by atoms with Gasteiger partial charge >= 0.3 is 11.7 Å². The summed E-state index contributed by atoms with van der Waals surface area (Å²) in [6, 6.07) is 1.12. The fraction of sp³-hybridized carbons (Fsp3) is 0.538. The molecule has 0 unspecified atom stereocenters. The maximum absolute atomic E-state index is 11.7. The average molecular weight is 297 g/mol. The third-order valence-corrected chi connectivity index (χ3v) is 2.74. The van der Waals surface area contributed by atoms with Gasteiger partial charge in [0, 0.05) is 20.2 Å². The standard InChI is InChI=1S/C13H19N3O5/c1-13(2,3)11(19)21-7-9(17)14-8-6-10(18)16(5)12(20)15(8)4/h6H,7H2,1-5H3,(H,14,17). The molecule has 0 aliphatic carbocycles. The minimum absolute atomic E-state index is 0.0416. The molecular formula is C13H19N3O5. The molecule has 1 aromatic heterocycles. The number of nitrogens with one attached hydrogen (secondary N) is 1. The molecule has 1 N–H and O–H groups in total. The van der Waals surface area contributed by atoms with Crippen molar-refractivity contribution in [3.05, 3.63) is 26.9 Å². The largest absolute Gasteiger partial charge is 0.455 e. The Kier molecular flexibility index (Phi) is 4.72. The lowest BCUT2D eigenvalue weighted by Crippen LogP contribution is -2.38. The third kappa shape index (κ3) is 4.04. The zero-order chi connectivity index (χ0) is 16.4. The highest BCUT2D eigenvalue weighted by Gasteiger charge is 2.23. The normalized spacial score (nSPS) is 11.1. The molecule has 0 aromatic carbocycles. The second-order valence-electron chi connectivity index (χ2n) is 5.64. The molecule has 21 heavy (non-hydrogen) atoms. The van der Waals surface area contributed by atoms with Crippen LogP contribution >= 0.6 is 0 Å². The van der Waals surface area contributed by atoms with Crippen LogP contribution in [0, 0.1) is 5.41 Å². The summed E-state index contributed by atoms with van der Waals surface area (Å²) in [6.45, 7) is 4.51. The Morgan fingerprint density at radius 2 is 1.76 bits per heavy atom. The van der Waals surface area contributed by atoms with Crippen molar-refractivity contribution in [3.8, 4) is 0 Å². The minimum Gasteiger partial charge on any atom is -0.455 e. The van der Waals surface area contributed by atoms with E-state index in [9.17, 15) is 19.2 Å². The number of anilines is 1. The summed E-state index contributed by atoms with van der Waals surface area (Å²) in [4.78, 5) is 46.4. The monoisotopic (exact) mass is 297 g/mol. The first-order valence-electron chi connectivity index (χ1n) is 6.28. The maximum Gasteiger partial charge on any atom is 0.332 e. The van der Waals surface area contributed by atoms with E-state index in [0.29, 0.717) is 0 Å². The van der Waals surface area contributed by atoms with Crippen LogP contribution in [0.4, 0.5) is 5.82 Å². The SMILES string of the molecule is Cn1c(NC(=O)COC(=O)C(C)(C)C)cc(=O)n(C)c1=O. The number of hydrogen-bond donors (Lipinski definition) is 1. The fourth-order valence-corrected chi connectivity index (χ4v) is 1.38. The molecule has 0 saturated heterocycles. The number of ether oxygens (including phenoxy) is 1. The summed E-state index contributed by atoms with van der Waals surface area (Å²) < 4.78 is 6.87. The van der Waals surface area contributed by atoms with Crippen molar-refractivity contribution in [1.29, 1.82) is 0 Å². The van der Waals surface area contributed by atoms with Crippen LogP contribution in [0.25, 0.3) is 0 Å². The molecule has 116 valence electrons. The van der Waals surface area contributed by atoms with Gasteiger partial charge in [0.15, 0.2) is 6.61 Å². The van der Waals surface area contributed by atoms with Crippen LogP contribution in [-0.2, 0) is 28.4 Å². The lowest BCUT2D eigenvalue weighted by molar-refractivity contribution is -0.155. The highest BCUT2D eigenvalue weighted by atomic mass is 16.5. The van der Waals surface area contributed by atoms with Crippen LogP contribution < -0.4 is 16.6 Å². The van der Waals surface area contributed by atoms with Crippen LogP contribution in [0.15, 0.2) is 15.7 Å². The number of nitrogens with zero attached hydrogens (tertiary/aromatic N) is 2. The number of carbonyl (C=O) groups is 2. The molecule has 0 radical (unpaired) electrons. The predicted molar refractivity (Wildman–Crippen MR) is 76.0 cm³/mol. The average Bonchev–Trinajstić information content (AvgIpc) is 2.38. The molecule has 0 atom stereocenters. The molecule has 8 nitrogen and oxygen atoms in total. The lowest BCUT2D eigenvalue weighted by Gasteiger charge is -2.16. The maximum atomic E-state index is 11.7. The highest BCUT2D eigenvalue weighted by molar-refractivity contribution is 5.92. The molecule has 0 aliphatic heterocycles. The van der Waals surface area contributed by atoms with Gasteiger partial charge in [-0.05, 0) is 20.8 Å². The van der Waals surface area contributed by atoms with Crippen molar-refractivity contribution in [2.75, 3.05) is 11.9 Å². The van der Waals surface area contributed by atoms with E-state index >= 15 is 0 Å². The van der Waals surface area contributed by atoms with Crippen molar-refractivity contribution in [3.63, 3.8) is 0 Å². The summed E-state index contributed by atoms with van der Waals surface area (Å²) in [5.41, 5.74) is -1.82. The number of carbonyl (C=O) groups excluding carboxylic acids is 2. The molecule has 1 heterocycles. The Balaban J connectivity index is 2.80. The first kappa shape index (κ1) is 16.7. The molecule has 1 rings (SSSR count). The summed E-state index contributed by atoms with van der Waals surface area (Å²) >= 11 is 0. The third-order valence-electron chi connectivity index (χ3n) is 2.74. The van der Waals surface area contributed by atoms with E-state index in [4.69, 9.17) is 4.74 Å². The van der Waals surface area contributed by atoms with Crippen molar-refractivity contribution in [2.45, 2.75) is 20.8 Å². The first-order valence-corrected chi connectivity index (χ1v) is 6.28. The van der Waals surface area contributed by atoms with E-state index in [1.54, 1.807) is 20.8 Å². The van der Waals surface area contributed by atoms with Gasteiger partial charge in [-0.25, -0.2) is 4.79 Å². The highest BCUT2D eigenvalue weighted by Crippen LogP contribution is 2.14. The van der Waals surface area contributed by atoms with Crippen molar-refractivity contribution >= 4 is 17.7 Å². The van der Waals surface area contributed by atoms with Crippen molar-refractivity contribution in [2.24, 2.45) is 19.5 Å². The summed E-state index contributed by atoms with van der Waals surface area (Å²) in [6.07, 6.45) is 0. The van der Waals surface area contributed by atoms with Crippen LogP contribution in [0.5, 0.6) is 0 Å². The summed E-state index contributed by atoms with van der Waals surface area (Å²) in [5.74, 6) is -1.11. The number of amides is 1. The van der Waals surface area contributed by atoms with E-state index in [-0.39, 0.29) is 5.82 Å². The summed E-state index contributed by atoms with van der Waals surface area (Å²) in [7, 11) is 2.75. The second-order valence-corrected chi connectivity index (χ2v) is 5.64. The zero-order valence-electron chi connectivity index (χ0n) is 12.7. The van der Waals surface area contributed by atoms with Gasteiger partial charge in [0.2, 0.25) is 0 Å². The molecule has 0 fully saturated rings. The fourth-order valence-electron chi connectivity index (χ4n) is 1.38. The number of esters is 1. The Bertz CT molecular complexity index is 679. The van der Waals surface area contributed by atoms with Gasteiger partial charge in [-0.15, -0.1) is 0 Å². The van der Waals surface area contributed by atoms with Gasteiger partial charge < -0.3 is 10.1 Å². The molecule has 1 aromatic rings. The lowest BCUT2D eigenvalue weighted by atomic mass is 9.97. The van der Waals surface area contributed by atoms with E-state index in [2.05, 4.69) is 5.32 Å². The van der Waals surface area contributed by atoms with E-state index in [1.165, 1.54) is 14.1 Å². The predicted octanol–water partition coefficient (Wildman–Crippen LogP) is -0.388. The Morgan fingerprint density at radius 3 is 2.29 bits per heavy atom. The quantitative estimate of drug-likeness (QED) is 0.766. The Labute approximate surface area is 121 Å². The molecular weight excluding hydrogens is 278 g/mol. The van der Waals surface area contributed by atoms with Gasteiger partial charge in [0.25, 0.3) is 11.5 Å². The molecule has 0 aliphatic rings. The van der Waals surface area contributed by atoms with Crippen LogP contribution in [0.2, 0.25) is 0 Å². The van der Waals surface area contributed by atoms with Crippen LogP contribution in [-0.4, -0.2) is 27.6 Å². The molecule has 1 amide bonds. The number of hydrogen-bond acceptors (Lipinski definition) is 5. The smallest absolute Gasteiger partial charge is 0.332 e. The topological polar surface area (TPSA) is 99.4 Å². The van der Waals surface area contributed by atoms with E-state index in [0.717, 1.165) is 15.2 Å². The summed E-state index contributed by atoms with van der Waals surface area (Å²) in [5, 5.41) is 2.36. The molecule has 0 saturated carbocycles. The Morgan fingerprint density at radius 1 is 1.19 bits per heavy atom. The van der Waals surface area contributed by atoms with Gasteiger partial charge in [-0.2, -0.15) is 0 Å². The van der Waals surface area contributed by atoms with Crippen LogP contribution in [0.1, 0.15) is 20.8 Å². The minimum atomic E-state index is -0.712. The van der Waals surface area contributed by atoms with Gasteiger partial charge in [-0.1, -0.05) is 0 Å². The second kappa shape index (κ2) is 5.94. The van der Waals surface area contributed by atoms with E-state index < -0.39 is 35.1 Å². The van der Waals surface area contributed by atoms with Gasteiger partial charge in [0.1, 0.15) is 5.82 Å². The molecule has 8 heteroatoms. The first-order chi connectivity index (χ1) is 9.54. The van der Waals surface area contributed by atoms with E-state index in [1.807, 2.05) is 0 Å². The van der Waals surface area contributed by atoms with Crippen molar-refractivity contribution in [1.82, 2.24) is 9.13 Å². The van der Waals surface area contributed by atoms with Crippen molar-refractivity contribution < 1.29 is 14.3 Å². The Hall–Kier alpha value is -2.38. The number of rotatable bonds is 3. The molecule has 0 spiro atoms.